The molecule has 0 amide bonds. The van der Waals surface area contributed by atoms with Crippen molar-refractivity contribution in [2.45, 2.75) is 31.9 Å². The van der Waals surface area contributed by atoms with Crippen molar-refractivity contribution in [3.8, 4) is 0 Å². The van der Waals surface area contributed by atoms with Crippen LogP contribution in [0.1, 0.15) is 19.8 Å². The van der Waals surface area contributed by atoms with Crippen LogP contribution in [-0.4, -0.2) is 54.4 Å². The van der Waals surface area contributed by atoms with E-state index in [1.165, 1.54) is 24.0 Å². The molecule has 0 saturated heterocycles. The maximum absolute atomic E-state index is 9.27. The molecule has 0 aromatic rings. The first-order valence-corrected chi connectivity index (χ1v) is 7.20. The van der Waals surface area contributed by atoms with Gasteiger partial charge >= 0.3 is 0 Å². The fourth-order valence-corrected chi connectivity index (χ4v) is 2.64. The summed E-state index contributed by atoms with van der Waals surface area (Å²) in [6, 6.07) is 0.00805. The fourth-order valence-electron chi connectivity index (χ4n) is 2.64. The minimum atomic E-state index is 0.00805. The summed E-state index contributed by atoms with van der Waals surface area (Å²) >= 11 is 0. The number of aliphatic hydroxyl groups is 1. The molecule has 1 unspecified atom stereocenters. The monoisotopic (exact) mass is 277 g/mol. The molecule has 0 bridgehead atoms. The van der Waals surface area contributed by atoms with Crippen LogP contribution in [-0.2, 0) is 4.74 Å². The largest absolute Gasteiger partial charge is 0.476 e. The van der Waals surface area contributed by atoms with E-state index >= 15 is 0 Å². The van der Waals surface area contributed by atoms with E-state index in [2.05, 4.69) is 36.4 Å². The molecule has 0 aromatic carbocycles. The van der Waals surface area contributed by atoms with Gasteiger partial charge in [-0.1, -0.05) is 0 Å². The van der Waals surface area contributed by atoms with E-state index in [9.17, 15) is 5.11 Å². The van der Waals surface area contributed by atoms with Gasteiger partial charge in [0.2, 0.25) is 0 Å². The molecule has 1 saturated carbocycles. The van der Waals surface area contributed by atoms with Crippen molar-refractivity contribution in [1.82, 2.24) is 15.3 Å². The fraction of sp³-hybridized carbons (Fsp3) is 0.600. The third-order valence-electron chi connectivity index (χ3n) is 3.99. The zero-order valence-electron chi connectivity index (χ0n) is 12.4. The first kappa shape index (κ1) is 13.5. The summed E-state index contributed by atoms with van der Waals surface area (Å²) in [6.07, 6.45) is 6.99. The molecule has 1 fully saturated rings. The highest BCUT2D eigenvalue weighted by molar-refractivity contribution is 5.44. The highest BCUT2D eigenvalue weighted by atomic mass is 16.5. The number of likely N-dealkylation sites (N-methyl/N-ethyl adjacent to an activating group) is 2. The van der Waals surface area contributed by atoms with Crippen LogP contribution in [0.2, 0.25) is 0 Å². The Kier molecular flexibility index (Phi) is 3.48. The number of ether oxygens (including phenoxy) is 1. The molecular weight excluding hydrogens is 254 g/mol. The quantitative estimate of drug-likeness (QED) is 0.801. The molecule has 3 rings (SSSR count). The van der Waals surface area contributed by atoms with Crippen LogP contribution in [0.4, 0.5) is 0 Å². The normalized spacial score (nSPS) is 26.9. The van der Waals surface area contributed by atoms with Gasteiger partial charge in [-0.25, -0.2) is 5.43 Å². The van der Waals surface area contributed by atoms with Crippen molar-refractivity contribution < 1.29 is 9.84 Å². The minimum absolute atomic E-state index is 0.00805. The lowest BCUT2D eigenvalue weighted by Crippen LogP contribution is -2.37. The molecule has 20 heavy (non-hydrogen) atoms. The van der Waals surface area contributed by atoms with Gasteiger partial charge in [0, 0.05) is 26.7 Å². The van der Waals surface area contributed by atoms with Crippen molar-refractivity contribution in [3.63, 3.8) is 0 Å². The number of hydrogen-bond acceptors (Lipinski definition) is 5. The minimum Gasteiger partial charge on any atom is -0.476 e. The SMILES string of the molecule is CC1=C(C2=CC(CO)NN2C)CN(C)C(OC2CC2)=C1. The number of nitrogens with one attached hydrogen (secondary N) is 1. The topological polar surface area (TPSA) is 48.0 Å². The van der Waals surface area contributed by atoms with Gasteiger partial charge in [-0.05, 0) is 37.0 Å². The standard InChI is InChI=1S/C15H23N3O2/c1-10-6-15(20-12-4-5-12)17(2)8-13(10)14-7-11(9-19)16-18(14)3/h6-7,11-12,16,19H,4-5,8-9H2,1-3H3. The molecule has 2 aliphatic heterocycles. The van der Waals surface area contributed by atoms with E-state index in [0.717, 1.165) is 18.1 Å². The van der Waals surface area contributed by atoms with Crippen LogP contribution in [0.3, 0.4) is 0 Å². The van der Waals surface area contributed by atoms with Crippen molar-refractivity contribution in [2.24, 2.45) is 0 Å². The molecule has 0 radical (unpaired) electrons. The second-order valence-corrected chi connectivity index (χ2v) is 5.85. The van der Waals surface area contributed by atoms with E-state index < -0.39 is 0 Å². The predicted octanol–water partition coefficient (Wildman–Crippen LogP) is 0.964. The first-order valence-electron chi connectivity index (χ1n) is 7.20. The number of hydrogen-bond donors (Lipinski definition) is 2. The molecule has 3 aliphatic rings. The third-order valence-corrected chi connectivity index (χ3v) is 3.99. The molecule has 2 heterocycles. The second kappa shape index (κ2) is 5.14. The van der Waals surface area contributed by atoms with Gasteiger partial charge in [0.15, 0.2) is 5.88 Å². The first-order chi connectivity index (χ1) is 9.58. The Morgan fingerprint density at radius 1 is 1.40 bits per heavy atom. The summed E-state index contributed by atoms with van der Waals surface area (Å²) in [5.74, 6) is 0.974. The van der Waals surface area contributed by atoms with Gasteiger partial charge in [-0.3, -0.25) is 0 Å². The van der Waals surface area contributed by atoms with Crippen molar-refractivity contribution in [2.75, 3.05) is 27.2 Å². The lowest BCUT2D eigenvalue weighted by molar-refractivity contribution is 0.117. The Hall–Kier alpha value is -1.46. The van der Waals surface area contributed by atoms with Gasteiger partial charge in [0.05, 0.1) is 18.3 Å². The molecule has 2 N–H and O–H groups in total. The highest BCUT2D eigenvalue weighted by Gasteiger charge is 2.30. The van der Waals surface area contributed by atoms with Crippen molar-refractivity contribution in [3.05, 3.63) is 34.9 Å². The number of hydrazine groups is 1. The van der Waals surface area contributed by atoms with E-state index in [1.807, 2.05) is 12.1 Å². The van der Waals surface area contributed by atoms with Crippen molar-refractivity contribution >= 4 is 0 Å². The zero-order chi connectivity index (χ0) is 14.3. The summed E-state index contributed by atoms with van der Waals surface area (Å²) in [4.78, 5) is 2.15. The van der Waals surface area contributed by atoms with Gasteiger partial charge in [0.1, 0.15) is 6.10 Å². The number of allylic oxidation sites excluding steroid dienone is 2. The Morgan fingerprint density at radius 2 is 2.15 bits per heavy atom. The average molecular weight is 277 g/mol. The van der Waals surface area contributed by atoms with Crippen LogP contribution < -0.4 is 5.43 Å². The van der Waals surface area contributed by atoms with Gasteiger partial charge in [0.25, 0.3) is 0 Å². The maximum atomic E-state index is 9.27. The van der Waals surface area contributed by atoms with E-state index in [0.29, 0.717) is 6.10 Å². The summed E-state index contributed by atoms with van der Waals surface area (Å²) in [6.45, 7) is 3.07. The van der Waals surface area contributed by atoms with Crippen LogP contribution in [0, 0.1) is 0 Å². The van der Waals surface area contributed by atoms with Crippen LogP contribution >= 0.6 is 0 Å². The molecule has 110 valence electrons. The van der Waals surface area contributed by atoms with Crippen molar-refractivity contribution in [1.29, 1.82) is 0 Å². The predicted molar refractivity (Wildman–Crippen MR) is 77.4 cm³/mol. The summed E-state index contributed by atoms with van der Waals surface area (Å²) in [5, 5.41) is 11.3. The van der Waals surface area contributed by atoms with E-state index in [-0.39, 0.29) is 12.6 Å². The maximum Gasteiger partial charge on any atom is 0.189 e. The van der Waals surface area contributed by atoms with Crippen LogP contribution in [0.5, 0.6) is 0 Å². The molecule has 0 aromatic heterocycles. The van der Waals surface area contributed by atoms with Gasteiger partial charge < -0.3 is 19.8 Å². The molecule has 1 atom stereocenters. The number of nitrogens with zero attached hydrogens (tertiary/aromatic N) is 2. The molecule has 5 nitrogen and oxygen atoms in total. The second-order valence-electron chi connectivity index (χ2n) is 5.85. The Balaban J connectivity index is 1.83. The average Bonchev–Trinajstić information content (AvgIpc) is 3.15. The van der Waals surface area contributed by atoms with Crippen LogP contribution in [0.25, 0.3) is 0 Å². The molecule has 0 spiro atoms. The molecule has 1 aliphatic carbocycles. The summed E-state index contributed by atoms with van der Waals surface area (Å²) < 4.78 is 5.93. The smallest absolute Gasteiger partial charge is 0.189 e. The van der Waals surface area contributed by atoms with E-state index in [4.69, 9.17) is 4.74 Å². The number of aliphatic hydroxyl groups excluding tert-OH is 1. The lowest BCUT2D eigenvalue weighted by atomic mass is 10.0. The van der Waals surface area contributed by atoms with Gasteiger partial charge in [-0.2, -0.15) is 0 Å². The highest BCUT2D eigenvalue weighted by Crippen LogP contribution is 2.32. The zero-order valence-corrected chi connectivity index (χ0v) is 12.4. The lowest BCUT2D eigenvalue weighted by Gasteiger charge is -2.31. The number of rotatable bonds is 4. The van der Waals surface area contributed by atoms with Crippen LogP contribution in [0.15, 0.2) is 34.9 Å². The van der Waals surface area contributed by atoms with E-state index in [1.54, 1.807) is 0 Å². The molecule has 5 heteroatoms. The third kappa shape index (κ3) is 2.55. The Labute approximate surface area is 120 Å². The summed E-state index contributed by atoms with van der Waals surface area (Å²) in [7, 11) is 4.05. The Morgan fingerprint density at radius 3 is 2.75 bits per heavy atom. The van der Waals surface area contributed by atoms with Gasteiger partial charge in [-0.15, -0.1) is 0 Å². The molecular formula is C15H23N3O2. The Bertz CT molecular complexity index is 491. The summed E-state index contributed by atoms with van der Waals surface area (Å²) in [5.41, 5.74) is 6.89.